The SMILES string of the molecule is CC(=O)N1c2cc[c]([Al])cc2N(C(=O)c2ccco2)C[C@@H]1C. The number of anilines is 2. The van der Waals surface area contributed by atoms with Gasteiger partial charge in [-0.3, -0.25) is 9.59 Å². The third kappa shape index (κ3) is 2.45. The van der Waals surface area contributed by atoms with Crippen LogP contribution in [0.15, 0.2) is 41.0 Å². The van der Waals surface area contributed by atoms with Crippen LogP contribution in [0.25, 0.3) is 0 Å². The second-order valence-corrected chi connectivity index (χ2v) is 6.05. The Balaban J connectivity index is 2.10. The van der Waals surface area contributed by atoms with E-state index in [0.29, 0.717) is 12.3 Å². The van der Waals surface area contributed by atoms with Gasteiger partial charge in [0.25, 0.3) is 5.91 Å². The van der Waals surface area contributed by atoms with Gasteiger partial charge in [0.15, 0.2) is 22.1 Å². The Morgan fingerprint density at radius 2 is 2.05 bits per heavy atom. The summed E-state index contributed by atoms with van der Waals surface area (Å²) in [5, 5.41) is 0. The minimum Gasteiger partial charge on any atom is -0.459 e. The van der Waals surface area contributed by atoms with E-state index in [4.69, 9.17) is 4.42 Å². The van der Waals surface area contributed by atoms with E-state index in [-0.39, 0.29) is 17.9 Å². The molecule has 1 aromatic heterocycles. The van der Waals surface area contributed by atoms with Gasteiger partial charge in [-0.15, -0.1) is 4.43 Å². The summed E-state index contributed by atoms with van der Waals surface area (Å²) >= 11 is 2.61. The summed E-state index contributed by atoms with van der Waals surface area (Å²) in [6.45, 7) is 3.90. The molecule has 2 amide bonds. The number of benzene rings is 1. The lowest BCUT2D eigenvalue weighted by Crippen LogP contribution is -2.51. The molecule has 5 nitrogen and oxygen atoms in total. The minimum atomic E-state index is -0.197. The Morgan fingerprint density at radius 3 is 2.68 bits per heavy atom. The number of hydrogen-bond donors (Lipinski definition) is 0. The third-order valence-corrected chi connectivity index (χ3v) is 4.11. The molecule has 22 heavy (non-hydrogen) atoms. The molecule has 0 bridgehead atoms. The molecule has 3 rings (SSSR count). The molecule has 2 heterocycles. The highest BCUT2D eigenvalue weighted by Gasteiger charge is 2.34. The standard InChI is InChI=1S/C16H15N2O3.Al/c1-11-10-17(16(20)15-8-5-9-21-15)13-6-3-4-7-14(13)18(11)12(2)19;/h4-9,11H,10H2,1-2H3;/t11-;/m0./s1. The van der Waals surface area contributed by atoms with E-state index in [1.165, 1.54) is 6.26 Å². The number of furan rings is 1. The van der Waals surface area contributed by atoms with Crippen LogP contribution in [-0.4, -0.2) is 40.7 Å². The van der Waals surface area contributed by atoms with E-state index >= 15 is 0 Å². The highest BCUT2D eigenvalue weighted by molar-refractivity contribution is 6.33. The average Bonchev–Trinajstić information content (AvgIpc) is 2.99. The molecule has 0 aliphatic carbocycles. The molecule has 1 atom stereocenters. The quantitative estimate of drug-likeness (QED) is 0.750. The second-order valence-electron chi connectivity index (χ2n) is 5.38. The Kier molecular flexibility index (Phi) is 3.82. The van der Waals surface area contributed by atoms with Crippen molar-refractivity contribution >= 4 is 43.9 Å². The predicted octanol–water partition coefficient (Wildman–Crippen LogP) is 1.48. The van der Waals surface area contributed by atoms with E-state index in [1.807, 2.05) is 25.1 Å². The lowest BCUT2D eigenvalue weighted by atomic mass is 10.1. The van der Waals surface area contributed by atoms with Crippen LogP contribution < -0.4 is 14.2 Å². The van der Waals surface area contributed by atoms with Crippen molar-refractivity contribution in [1.29, 1.82) is 0 Å². The molecule has 0 saturated carbocycles. The molecule has 1 aromatic carbocycles. The zero-order valence-corrected chi connectivity index (χ0v) is 13.6. The highest BCUT2D eigenvalue weighted by atomic mass is 27.0. The smallest absolute Gasteiger partial charge is 0.294 e. The normalized spacial score (nSPS) is 17.3. The Labute approximate surface area is 136 Å². The first kappa shape index (κ1) is 14.9. The number of rotatable bonds is 1. The van der Waals surface area contributed by atoms with E-state index in [2.05, 4.69) is 16.3 Å². The van der Waals surface area contributed by atoms with Crippen LogP contribution in [-0.2, 0) is 4.79 Å². The fourth-order valence-electron chi connectivity index (χ4n) is 2.85. The maximum absolute atomic E-state index is 12.7. The predicted molar refractivity (Wildman–Crippen MR) is 84.8 cm³/mol. The monoisotopic (exact) mass is 310 g/mol. The summed E-state index contributed by atoms with van der Waals surface area (Å²) in [6.07, 6.45) is 1.48. The zero-order chi connectivity index (χ0) is 15.9. The summed E-state index contributed by atoms with van der Waals surface area (Å²) in [5.74, 6) is 0.0656. The van der Waals surface area contributed by atoms with E-state index in [9.17, 15) is 9.59 Å². The zero-order valence-electron chi connectivity index (χ0n) is 12.4. The lowest BCUT2D eigenvalue weighted by Gasteiger charge is -2.40. The summed E-state index contributed by atoms with van der Waals surface area (Å²) in [5.41, 5.74) is 1.47. The Hall–Kier alpha value is -2.03. The molecular formula is C16H15AlN2O3. The van der Waals surface area contributed by atoms with Crippen LogP contribution in [0, 0.1) is 0 Å². The summed E-state index contributed by atoms with van der Waals surface area (Å²) < 4.78 is 6.18. The van der Waals surface area contributed by atoms with Crippen molar-refractivity contribution in [2.45, 2.75) is 19.9 Å². The first-order valence-electron chi connectivity index (χ1n) is 7.03. The molecule has 1 aliphatic rings. The molecule has 2 aromatic rings. The van der Waals surface area contributed by atoms with Crippen LogP contribution in [0.1, 0.15) is 24.4 Å². The average molecular weight is 310 g/mol. The molecule has 6 heteroatoms. The number of carbonyl (C=O) groups excluding carboxylic acids is 2. The molecule has 1 aliphatic heterocycles. The van der Waals surface area contributed by atoms with Crippen molar-refractivity contribution in [3.05, 3.63) is 42.4 Å². The van der Waals surface area contributed by atoms with Crippen molar-refractivity contribution in [1.82, 2.24) is 0 Å². The Bertz CT molecular complexity index is 727. The maximum Gasteiger partial charge on any atom is 0.294 e. The van der Waals surface area contributed by atoms with Gasteiger partial charge in [-0.05, 0) is 25.1 Å². The molecule has 0 spiro atoms. The van der Waals surface area contributed by atoms with Crippen molar-refractivity contribution in [2.24, 2.45) is 0 Å². The van der Waals surface area contributed by atoms with E-state index in [0.717, 1.165) is 15.8 Å². The highest BCUT2D eigenvalue weighted by Crippen LogP contribution is 2.35. The first-order chi connectivity index (χ1) is 10.5. The minimum absolute atomic E-state index is 0.0321. The van der Waals surface area contributed by atoms with Gasteiger partial charge in [-0.1, -0.05) is 12.1 Å². The summed E-state index contributed by atoms with van der Waals surface area (Å²) in [4.78, 5) is 28.0. The molecule has 0 fully saturated rings. The number of carbonyl (C=O) groups is 2. The van der Waals surface area contributed by atoms with Crippen LogP contribution in [0.4, 0.5) is 11.4 Å². The topological polar surface area (TPSA) is 53.8 Å². The fourth-order valence-corrected chi connectivity index (χ4v) is 3.10. The summed E-state index contributed by atoms with van der Waals surface area (Å²) in [7, 11) is 0. The Morgan fingerprint density at radius 1 is 1.27 bits per heavy atom. The van der Waals surface area contributed by atoms with E-state index in [1.54, 1.807) is 28.9 Å². The largest absolute Gasteiger partial charge is 0.459 e. The number of hydrogen-bond acceptors (Lipinski definition) is 3. The molecule has 0 saturated heterocycles. The number of amides is 2. The van der Waals surface area contributed by atoms with Crippen molar-refractivity contribution in [2.75, 3.05) is 16.3 Å². The number of nitrogens with zero attached hydrogens (tertiary/aromatic N) is 2. The number of fused-ring (bicyclic) bond motifs is 1. The molecule has 0 unspecified atom stereocenters. The van der Waals surface area contributed by atoms with Gasteiger partial charge in [0.1, 0.15) is 0 Å². The van der Waals surface area contributed by atoms with Gasteiger partial charge in [0.2, 0.25) is 5.91 Å². The lowest BCUT2D eigenvalue weighted by molar-refractivity contribution is -0.117. The molecule has 0 N–H and O–H groups in total. The van der Waals surface area contributed by atoms with Crippen LogP contribution in [0.3, 0.4) is 0 Å². The summed E-state index contributed by atoms with van der Waals surface area (Å²) in [6, 6.07) is 8.91. The van der Waals surface area contributed by atoms with Crippen molar-refractivity contribution in [3.63, 3.8) is 0 Å². The third-order valence-electron chi connectivity index (χ3n) is 3.75. The van der Waals surface area contributed by atoms with Crippen molar-refractivity contribution in [3.8, 4) is 0 Å². The van der Waals surface area contributed by atoms with Gasteiger partial charge >= 0.3 is 0 Å². The van der Waals surface area contributed by atoms with Gasteiger partial charge in [0.05, 0.1) is 23.7 Å². The van der Waals surface area contributed by atoms with Crippen LogP contribution in [0.5, 0.6) is 0 Å². The first-order valence-corrected chi connectivity index (χ1v) is 7.61. The van der Waals surface area contributed by atoms with Gasteiger partial charge in [-0.25, -0.2) is 0 Å². The molecule has 110 valence electrons. The van der Waals surface area contributed by atoms with Gasteiger partial charge in [0, 0.05) is 13.5 Å². The molecule has 2 radical (unpaired) electrons. The van der Waals surface area contributed by atoms with Crippen LogP contribution >= 0.6 is 0 Å². The van der Waals surface area contributed by atoms with Gasteiger partial charge in [-0.2, -0.15) is 0 Å². The van der Waals surface area contributed by atoms with Crippen molar-refractivity contribution < 1.29 is 14.0 Å². The van der Waals surface area contributed by atoms with Gasteiger partial charge < -0.3 is 14.2 Å². The second kappa shape index (κ2) is 5.64. The maximum atomic E-state index is 12.7. The molecular weight excluding hydrogens is 295 g/mol. The fraction of sp³-hybridized carbons (Fsp3) is 0.250. The van der Waals surface area contributed by atoms with Crippen LogP contribution in [0.2, 0.25) is 0 Å². The van der Waals surface area contributed by atoms with E-state index < -0.39 is 0 Å².